The average Bonchev–Trinajstić information content (AvgIpc) is 3.35. The molecule has 0 amide bonds. The van der Waals surface area contributed by atoms with Gasteiger partial charge < -0.3 is 15.3 Å². The smallest absolute Gasteiger partial charge is 0.335 e. The van der Waals surface area contributed by atoms with Gasteiger partial charge in [0.15, 0.2) is 0 Å². The first-order valence-corrected chi connectivity index (χ1v) is 16.9. The van der Waals surface area contributed by atoms with Gasteiger partial charge in [0.05, 0.1) is 5.56 Å². The normalized spacial score (nSPS) is 41.1. The number of fused-ring (bicyclic) bond motifs is 7. The van der Waals surface area contributed by atoms with Crippen LogP contribution in [0.25, 0.3) is 5.57 Å². The molecule has 4 fully saturated rings. The standard InChI is InChI=1S/C37H56N2O2/c1-34(2)28(25-10-12-26(13-11-25)33(40)41)16-20-36(4)31(34)18-21-35(3)29-17-22-37(38-23-8-24-39(5)6)19-7-9-30(37)27(29)14-15-32(35)36/h10-13,16,27,29-32,38H,7-9,14-15,17-24H2,1-6H3,(H,40,41). The van der Waals surface area contributed by atoms with Crippen molar-refractivity contribution in [3.63, 3.8) is 0 Å². The zero-order valence-corrected chi connectivity index (χ0v) is 26.8. The minimum absolute atomic E-state index is 0.0829. The van der Waals surface area contributed by atoms with E-state index in [0.29, 0.717) is 27.9 Å². The Hall–Kier alpha value is -1.65. The molecule has 0 spiro atoms. The van der Waals surface area contributed by atoms with E-state index in [1.165, 1.54) is 88.4 Å². The summed E-state index contributed by atoms with van der Waals surface area (Å²) in [6, 6.07) is 7.65. The molecule has 4 nitrogen and oxygen atoms in total. The zero-order valence-electron chi connectivity index (χ0n) is 26.8. The van der Waals surface area contributed by atoms with Gasteiger partial charge in [0.1, 0.15) is 0 Å². The highest BCUT2D eigenvalue weighted by molar-refractivity contribution is 5.88. The Morgan fingerprint density at radius 2 is 1.66 bits per heavy atom. The fourth-order valence-corrected chi connectivity index (χ4v) is 12.1. The molecule has 6 rings (SSSR count). The quantitative estimate of drug-likeness (QED) is 0.331. The molecule has 8 unspecified atom stereocenters. The van der Waals surface area contributed by atoms with Crippen LogP contribution in [-0.4, -0.2) is 48.7 Å². The van der Waals surface area contributed by atoms with E-state index in [4.69, 9.17) is 0 Å². The van der Waals surface area contributed by atoms with Crippen LogP contribution in [0.1, 0.15) is 114 Å². The molecule has 0 aromatic heterocycles. The summed E-state index contributed by atoms with van der Waals surface area (Å²) in [6.45, 7) is 12.7. The molecule has 0 heterocycles. The predicted molar refractivity (Wildman–Crippen MR) is 169 cm³/mol. The topological polar surface area (TPSA) is 52.6 Å². The molecule has 0 aliphatic heterocycles. The van der Waals surface area contributed by atoms with Gasteiger partial charge in [-0.15, -0.1) is 0 Å². The maximum Gasteiger partial charge on any atom is 0.335 e. The van der Waals surface area contributed by atoms with Gasteiger partial charge in [0.2, 0.25) is 0 Å². The second-order valence-electron chi connectivity index (χ2n) is 16.2. The molecule has 0 saturated heterocycles. The minimum Gasteiger partial charge on any atom is -0.478 e. The first-order valence-electron chi connectivity index (χ1n) is 16.9. The van der Waals surface area contributed by atoms with Crippen molar-refractivity contribution in [1.29, 1.82) is 0 Å². The summed E-state index contributed by atoms with van der Waals surface area (Å²) in [6.07, 6.45) is 17.6. The Balaban J connectivity index is 1.23. The van der Waals surface area contributed by atoms with Crippen LogP contribution in [0.2, 0.25) is 0 Å². The first kappa shape index (κ1) is 29.4. The lowest BCUT2D eigenvalue weighted by atomic mass is 9.37. The maximum absolute atomic E-state index is 11.5. The molecule has 0 bridgehead atoms. The van der Waals surface area contributed by atoms with Crippen molar-refractivity contribution in [2.45, 2.75) is 104 Å². The van der Waals surface area contributed by atoms with Crippen LogP contribution in [0, 0.1) is 45.8 Å². The highest BCUT2D eigenvalue weighted by Gasteiger charge is 2.65. The fraction of sp³-hybridized carbons (Fsp3) is 0.757. The number of rotatable bonds is 7. The first-order chi connectivity index (χ1) is 19.4. The van der Waals surface area contributed by atoms with E-state index in [-0.39, 0.29) is 5.41 Å². The van der Waals surface area contributed by atoms with E-state index in [1.54, 1.807) is 12.1 Å². The Labute approximate surface area is 249 Å². The summed E-state index contributed by atoms with van der Waals surface area (Å²) in [5, 5.41) is 13.6. The highest BCUT2D eigenvalue weighted by atomic mass is 16.4. The van der Waals surface area contributed by atoms with Gasteiger partial charge in [-0.1, -0.05) is 52.3 Å². The highest BCUT2D eigenvalue weighted by Crippen LogP contribution is 2.72. The monoisotopic (exact) mass is 560 g/mol. The van der Waals surface area contributed by atoms with Crippen molar-refractivity contribution in [2.24, 2.45) is 45.8 Å². The number of benzene rings is 1. The Morgan fingerprint density at radius 3 is 2.37 bits per heavy atom. The van der Waals surface area contributed by atoms with Gasteiger partial charge in [0, 0.05) is 5.54 Å². The molecule has 5 aliphatic carbocycles. The van der Waals surface area contributed by atoms with Crippen LogP contribution < -0.4 is 5.32 Å². The number of carboxylic acids is 1. The van der Waals surface area contributed by atoms with Crippen LogP contribution in [0.15, 0.2) is 30.3 Å². The van der Waals surface area contributed by atoms with Crippen molar-refractivity contribution in [2.75, 3.05) is 27.2 Å². The van der Waals surface area contributed by atoms with E-state index in [0.717, 1.165) is 30.1 Å². The SMILES string of the molecule is CN(C)CCCNC12CCCC1C1CCC3C(C)(CCC4C(C)(C)C(c5ccc(C(=O)O)cc5)=CCC43C)C1CC2. The molecule has 1 aromatic carbocycles. The molecule has 4 saturated carbocycles. The van der Waals surface area contributed by atoms with Gasteiger partial charge >= 0.3 is 5.97 Å². The van der Waals surface area contributed by atoms with Crippen LogP contribution in [-0.2, 0) is 0 Å². The van der Waals surface area contributed by atoms with Gasteiger partial charge in [-0.3, -0.25) is 0 Å². The summed E-state index contributed by atoms with van der Waals surface area (Å²) >= 11 is 0. The number of allylic oxidation sites excluding steroid dienone is 2. The lowest BCUT2D eigenvalue weighted by molar-refractivity contribution is -0.172. The number of nitrogens with one attached hydrogen (secondary N) is 1. The molecule has 1 aromatic rings. The summed E-state index contributed by atoms with van der Waals surface area (Å²) in [5.41, 5.74) is 4.31. The Bertz CT molecular complexity index is 1170. The number of aromatic carboxylic acids is 1. The average molecular weight is 561 g/mol. The number of hydrogen-bond acceptors (Lipinski definition) is 3. The number of nitrogens with zero attached hydrogens (tertiary/aromatic N) is 1. The van der Waals surface area contributed by atoms with Crippen LogP contribution in [0.5, 0.6) is 0 Å². The lowest BCUT2D eigenvalue weighted by Crippen LogP contribution is -2.63. The predicted octanol–water partition coefficient (Wildman–Crippen LogP) is 8.14. The maximum atomic E-state index is 11.5. The Morgan fingerprint density at radius 1 is 0.902 bits per heavy atom. The summed E-state index contributed by atoms with van der Waals surface area (Å²) in [4.78, 5) is 13.8. The molecular weight excluding hydrogens is 504 g/mol. The summed E-state index contributed by atoms with van der Waals surface area (Å²) < 4.78 is 0. The largest absolute Gasteiger partial charge is 0.478 e. The molecule has 41 heavy (non-hydrogen) atoms. The van der Waals surface area contributed by atoms with Gasteiger partial charge in [-0.2, -0.15) is 0 Å². The summed E-state index contributed by atoms with van der Waals surface area (Å²) in [5.74, 6) is 3.29. The van der Waals surface area contributed by atoms with Crippen molar-refractivity contribution in [1.82, 2.24) is 10.2 Å². The van der Waals surface area contributed by atoms with Crippen molar-refractivity contribution >= 4 is 11.5 Å². The molecule has 5 aliphatic rings. The van der Waals surface area contributed by atoms with Crippen molar-refractivity contribution in [3.8, 4) is 0 Å². The third kappa shape index (κ3) is 4.65. The summed E-state index contributed by atoms with van der Waals surface area (Å²) in [7, 11) is 4.39. The zero-order chi connectivity index (χ0) is 29.2. The van der Waals surface area contributed by atoms with Gasteiger partial charge in [0.25, 0.3) is 0 Å². The van der Waals surface area contributed by atoms with E-state index in [1.807, 2.05) is 12.1 Å². The van der Waals surface area contributed by atoms with Crippen LogP contribution >= 0.6 is 0 Å². The molecule has 2 N–H and O–H groups in total. The molecule has 8 atom stereocenters. The van der Waals surface area contributed by atoms with Crippen LogP contribution in [0.4, 0.5) is 0 Å². The van der Waals surface area contributed by atoms with E-state index >= 15 is 0 Å². The fourth-order valence-electron chi connectivity index (χ4n) is 12.1. The Kier molecular flexibility index (Phi) is 7.54. The van der Waals surface area contributed by atoms with Crippen molar-refractivity contribution < 1.29 is 9.90 Å². The third-order valence-electron chi connectivity index (χ3n) is 13.8. The second-order valence-corrected chi connectivity index (χ2v) is 16.2. The van der Waals surface area contributed by atoms with Gasteiger partial charge in [-0.25, -0.2) is 4.79 Å². The van der Waals surface area contributed by atoms with E-state index < -0.39 is 5.97 Å². The third-order valence-corrected chi connectivity index (χ3v) is 13.8. The molecule has 4 heteroatoms. The van der Waals surface area contributed by atoms with Gasteiger partial charge in [-0.05, 0) is 160 Å². The number of carboxylic acid groups (broad SMARTS) is 1. The lowest BCUT2D eigenvalue weighted by Gasteiger charge is -2.68. The van der Waals surface area contributed by atoms with Crippen LogP contribution in [0.3, 0.4) is 0 Å². The van der Waals surface area contributed by atoms with E-state index in [9.17, 15) is 9.90 Å². The van der Waals surface area contributed by atoms with E-state index in [2.05, 4.69) is 58.1 Å². The van der Waals surface area contributed by atoms with Crippen molar-refractivity contribution in [3.05, 3.63) is 41.5 Å². The minimum atomic E-state index is -0.846. The number of carbonyl (C=O) groups is 1. The molecule has 226 valence electrons. The molecule has 0 radical (unpaired) electrons. The second kappa shape index (κ2) is 10.5. The molecular formula is C37H56N2O2. The number of hydrogen-bond donors (Lipinski definition) is 2.